The van der Waals surface area contributed by atoms with Gasteiger partial charge < -0.3 is 9.64 Å². The summed E-state index contributed by atoms with van der Waals surface area (Å²) in [7, 11) is 0. The Morgan fingerprint density at radius 1 is 1.29 bits per heavy atom. The quantitative estimate of drug-likeness (QED) is 0.630. The summed E-state index contributed by atoms with van der Waals surface area (Å²) in [5, 5.41) is 0. The molecular formula is C9H10BrF2N3OS. The van der Waals surface area contributed by atoms with Gasteiger partial charge in [0.1, 0.15) is 0 Å². The van der Waals surface area contributed by atoms with Gasteiger partial charge in [0, 0.05) is 41.4 Å². The maximum absolute atomic E-state index is 12.7. The highest BCUT2D eigenvalue weighted by Crippen LogP contribution is 2.40. The van der Waals surface area contributed by atoms with Crippen molar-refractivity contribution in [1.82, 2.24) is 9.97 Å². The molecule has 2 rings (SSSR count). The lowest BCUT2D eigenvalue weighted by Gasteiger charge is -2.26. The van der Waals surface area contributed by atoms with Crippen LogP contribution in [-0.4, -0.2) is 40.4 Å². The van der Waals surface area contributed by atoms with Crippen molar-refractivity contribution in [3.05, 3.63) is 12.4 Å². The number of anilines is 1. The number of morpholine rings is 1. The second kappa shape index (κ2) is 5.45. The van der Waals surface area contributed by atoms with E-state index in [4.69, 9.17) is 4.74 Å². The van der Waals surface area contributed by atoms with E-state index in [1.807, 2.05) is 4.90 Å². The first-order valence-electron chi connectivity index (χ1n) is 4.95. The maximum atomic E-state index is 12.7. The van der Waals surface area contributed by atoms with Crippen LogP contribution in [0.3, 0.4) is 0 Å². The minimum absolute atomic E-state index is 0.323. The average molecular weight is 326 g/mol. The van der Waals surface area contributed by atoms with Crippen molar-refractivity contribution in [3.63, 3.8) is 0 Å². The van der Waals surface area contributed by atoms with Crippen LogP contribution in [0.5, 0.6) is 0 Å². The summed E-state index contributed by atoms with van der Waals surface area (Å²) in [6.07, 6.45) is 2.80. The Morgan fingerprint density at radius 2 is 1.88 bits per heavy atom. The van der Waals surface area contributed by atoms with E-state index in [0.29, 0.717) is 35.8 Å². The Bertz CT molecular complexity index is 367. The molecule has 94 valence electrons. The molecule has 0 amide bonds. The lowest BCUT2D eigenvalue weighted by Crippen LogP contribution is -2.37. The number of nitrogens with zero attached hydrogens (tertiary/aromatic N) is 3. The van der Waals surface area contributed by atoms with Crippen LogP contribution in [0.15, 0.2) is 17.3 Å². The van der Waals surface area contributed by atoms with Gasteiger partial charge in [0.2, 0.25) is 5.95 Å². The number of rotatable bonds is 3. The third-order valence-corrected chi connectivity index (χ3v) is 3.31. The predicted molar refractivity (Wildman–Crippen MR) is 64.8 cm³/mol. The Labute approximate surface area is 110 Å². The highest BCUT2D eigenvalue weighted by Gasteiger charge is 2.26. The lowest BCUT2D eigenvalue weighted by molar-refractivity contribution is 0.122. The minimum Gasteiger partial charge on any atom is -0.378 e. The number of ether oxygens (including phenoxy) is 1. The van der Waals surface area contributed by atoms with Crippen LogP contribution < -0.4 is 4.90 Å². The monoisotopic (exact) mass is 325 g/mol. The van der Waals surface area contributed by atoms with E-state index in [0.717, 1.165) is 13.1 Å². The van der Waals surface area contributed by atoms with Gasteiger partial charge in [-0.25, -0.2) is 9.97 Å². The van der Waals surface area contributed by atoms with Gasteiger partial charge in [-0.05, 0) is 11.8 Å². The Balaban J connectivity index is 2.02. The molecule has 4 nitrogen and oxygen atoms in total. The summed E-state index contributed by atoms with van der Waals surface area (Å²) in [6.45, 7) is 2.72. The largest absolute Gasteiger partial charge is 0.378 e. The standard InChI is InChI=1S/C9H10BrF2N3OS/c10-9(11,12)17-7-5-13-8(14-6-7)15-1-3-16-4-2-15/h5-6H,1-4H2. The summed E-state index contributed by atoms with van der Waals surface area (Å²) in [5.74, 6) is 0.551. The molecule has 2 heterocycles. The normalized spacial score (nSPS) is 17.2. The van der Waals surface area contributed by atoms with Crippen LogP contribution in [0.2, 0.25) is 0 Å². The van der Waals surface area contributed by atoms with Crippen LogP contribution >= 0.6 is 27.7 Å². The highest BCUT2D eigenvalue weighted by atomic mass is 79.9. The van der Waals surface area contributed by atoms with E-state index in [-0.39, 0.29) is 0 Å². The fourth-order valence-electron chi connectivity index (χ4n) is 1.42. The first-order chi connectivity index (χ1) is 8.04. The van der Waals surface area contributed by atoms with Crippen molar-refractivity contribution in [2.75, 3.05) is 31.2 Å². The van der Waals surface area contributed by atoms with Gasteiger partial charge in [-0.2, -0.15) is 8.78 Å². The molecule has 1 aliphatic rings. The van der Waals surface area contributed by atoms with Gasteiger partial charge in [0.15, 0.2) is 0 Å². The Kier molecular flexibility index (Phi) is 4.16. The van der Waals surface area contributed by atoms with Crippen LogP contribution in [-0.2, 0) is 4.74 Å². The molecule has 1 saturated heterocycles. The molecule has 0 aromatic carbocycles. The van der Waals surface area contributed by atoms with Gasteiger partial charge in [-0.15, -0.1) is 0 Å². The van der Waals surface area contributed by atoms with Crippen molar-refractivity contribution in [2.24, 2.45) is 0 Å². The lowest BCUT2D eigenvalue weighted by atomic mass is 10.4. The van der Waals surface area contributed by atoms with Crippen molar-refractivity contribution >= 4 is 33.6 Å². The molecule has 0 unspecified atom stereocenters. The Morgan fingerprint density at radius 3 is 2.41 bits per heavy atom. The van der Waals surface area contributed by atoms with Crippen molar-refractivity contribution in [2.45, 2.75) is 9.06 Å². The van der Waals surface area contributed by atoms with Gasteiger partial charge in [0.05, 0.1) is 18.1 Å². The number of halogens is 3. The van der Waals surface area contributed by atoms with E-state index >= 15 is 0 Å². The molecule has 1 aromatic heterocycles. The molecule has 0 N–H and O–H groups in total. The third kappa shape index (κ3) is 4.04. The number of aromatic nitrogens is 2. The number of hydrogen-bond donors (Lipinski definition) is 0. The summed E-state index contributed by atoms with van der Waals surface area (Å²) < 4.78 is 27.5. The summed E-state index contributed by atoms with van der Waals surface area (Å²) in [5.41, 5.74) is 0. The molecule has 1 aliphatic heterocycles. The zero-order chi connectivity index (χ0) is 12.3. The SMILES string of the molecule is FC(F)(Br)Sc1cnc(N2CCOCC2)nc1. The first kappa shape index (κ1) is 13.0. The second-order valence-corrected chi connectivity index (χ2v) is 6.08. The van der Waals surface area contributed by atoms with Crippen molar-refractivity contribution in [3.8, 4) is 0 Å². The van der Waals surface area contributed by atoms with Gasteiger partial charge in [0.25, 0.3) is 0 Å². The zero-order valence-corrected chi connectivity index (χ0v) is 11.2. The molecule has 17 heavy (non-hydrogen) atoms. The molecule has 0 aliphatic carbocycles. The van der Waals surface area contributed by atoms with E-state index in [9.17, 15) is 8.78 Å². The third-order valence-electron chi connectivity index (χ3n) is 2.14. The number of alkyl halides is 3. The van der Waals surface area contributed by atoms with E-state index < -0.39 is 4.16 Å². The summed E-state index contributed by atoms with van der Waals surface area (Å²) >= 11 is 2.63. The highest BCUT2D eigenvalue weighted by molar-refractivity contribution is 9.11. The molecule has 8 heteroatoms. The van der Waals surface area contributed by atoms with Crippen molar-refractivity contribution < 1.29 is 13.5 Å². The molecule has 1 aromatic rings. The van der Waals surface area contributed by atoms with Crippen LogP contribution in [0.1, 0.15) is 0 Å². The zero-order valence-electron chi connectivity index (χ0n) is 8.78. The molecule has 0 bridgehead atoms. The summed E-state index contributed by atoms with van der Waals surface area (Å²) in [6, 6.07) is 0. The molecular weight excluding hydrogens is 316 g/mol. The summed E-state index contributed by atoms with van der Waals surface area (Å²) in [4.78, 5) is 10.4. The van der Waals surface area contributed by atoms with E-state index in [1.54, 1.807) is 0 Å². The van der Waals surface area contributed by atoms with Crippen LogP contribution in [0.25, 0.3) is 0 Å². The fourth-order valence-corrected chi connectivity index (χ4v) is 2.46. The van der Waals surface area contributed by atoms with Crippen LogP contribution in [0, 0.1) is 0 Å². The molecule has 0 saturated carbocycles. The average Bonchev–Trinajstić information content (AvgIpc) is 2.29. The molecule has 1 fully saturated rings. The topological polar surface area (TPSA) is 38.2 Å². The van der Waals surface area contributed by atoms with Gasteiger partial charge in [-0.3, -0.25) is 0 Å². The van der Waals surface area contributed by atoms with Crippen LogP contribution in [0.4, 0.5) is 14.7 Å². The van der Waals surface area contributed by atoms with Crippen molar-refractivity contribution in [1.29, 1.82) is 0 Å². The molecule has 0 radical (unpaired) electrons. The van der Waals surface area contributed by atoms with Gasteiger partial charge >= 0.3 is 4.16 Å². The van der Waals surface area contributed by atoms with E-state index in [2.05, 4.69) is 25.9 Å². The minimum atomic E-state index is -2.99. The number of thioether (sulfide) groups is 1. The first-order valence-corrected chi connectivity index (χ1v) is 6.56. The smallest absolute Gasteiger partial charge is 0.353 e. The second-order valence-electron chi connectivity index (χ2n) is 3.37. The van der Waals surface area contributed by atoms with E-state index in [1.165, 1.54) is 12.4 Å². The Hall–Kier alpha value is -0.470. The fraction of sp³-hybridized carbons (Fsp3) is 0.556. The molecule has 0 spiro atoms. The number of hydrogen-bond acceptors (Lipinski definition) is 5. The predicted octanol–water partition coefficient (Wildman–Crippen LogP) is 2.35. The molecule has 0 atom stereocenters. The van der Waals surface area contributed by atoms with Gasteiger partial charge in [-0.1, -0.05) is 0 Å². The maximum Gasteiger partial charge on any atom is 0.353 e.